The van der Waals surface area contributed by atoms with Crippen LogP contribution in [-0.2, 0) is 6.54 Å². The smallest absolute Gasteiger partial charge is 0.228 e. The highest BCUT2D eigenvalue weighted by Crippen LogP contribution is 2.33. The zero-order chi connectivity index (χ0) is 10.1. The van der Waals surface area contributed by atoms with Crippen LogP contribution < -0.4 is 5.73 Å². The Balaban J connectivity index is 2.47. The molecule has 0 radical (unpaired) electrons. The van der Waals surface area contributed by atoms with Crippen molar-refractivity contribution in [3.8, 4) is 11.5 Å². The molecule has 3 nitrogen and oxygen atoms in total. The molecule has 0 fully saturated rings. The predicted octanol–water partition coefficient (Wildman–Crippen LogP) is 2.93. The maximum atomic E-state index is 5.53. The van der Waals surface area contributed by atoms with Crippen LogP contribution in [0.1, 0.15) is 11.5 Å². The maximum Gasteiger partial charge on any atom is 0.228 e. The van der Waals surface area contributed by atoms with E-state index in [1.807, 2.05) is 18.4 Å². The average Bonchev–Trinajstić information content (AvgIpc) is 2.71. The average molecular weight is 273 g/mol. The van der Waals surface area contributed by atoms with Crippen molar-refractivity contribution in [2.24, 2.45) is 5.73 Å². The van der Waals surface area contributed by atoms with Crippen LogP contribution in [0.2, 0.25) is 0 Å². The van der Waals surface area contributed by atoms with Crippen molar-refractivity contribution in [2.45, 2.75) is 13.5 Å². The molecule has 0 aromatic carbocycles. The van der Waals surface area contributed by atoms with Gasteiger partial charge in [0.15, 0.2) is 0 Å². The lowest BCUT2D eigenvalue weighted by atomic mass is 10.3. The van der Waals surface area contributed by atoms with Gasteiger partial charge in [0.05, 0.1) is 21.6 Å². The highest BCUT2D eigenvalue weighted by atomic mass is 79.9. The number of nitrogens with zero attached hydrogens (tertiary/aromatic N) is 1. The quantitative estimate of drug-likeness (QED) is 0.915. The molecular formula is C9H9BrN2OS. The molecule has 0 aliphatic rings. The molecule has 0 saturated heterocycles. The van der Waals surface area contributed by atoms with Crippen LogP contribution in [0.25, 0.3) is 11.5 Å². The van der Waals surface area contributed by atoms with Gasteiger partial charge in [0, 0.05) is 0 Å². The van der Waals surface area contributed by atoms with Gasteiger partial charge in [0.2, 0.25) is 5.89 Å². The first-order valence-corrected chi connectivity index (χ1v) is 5.79. The van der Waals surface area contributed by atoms with Crippen LogP contribution in [0.15, 0.2) is 19.6 Å². The van der Waals surface area contributed by atoms with E-state index in [0.717, 1.165) is 20.8 Å². The van der Waals surface area contributed by atoms with Gasteiger partial charge in [-0.1, -0.05) is 0 Å². The molecule has 0 unspecified atom stereocenters. The molecule has 2 aromatic rings. The molecule has 2 aromatic heterocycles. The van der Waals surface area contributed by atoms with Gasteiger partial charge in [-0.05, 0) is 34.3 Å². The van der Waals surface area contributed by atoms with E-state index in [1.165, 1.54) is 0 Å². The van der Waals surface area contributed by atoms with Crippen molar-refractivity contribution in [1.82, 2.24) is 4.98 Å². The molecule has 0 amide bonds. The Morgan fingerprint density at radius 2 is 2.43 bits per heavy atom. The first-order chi connectivity index (χ1) is 6.72. The van der Waals surface area contributed by atoms with E-state index in [2.05, 4.69) is 20.9 Å². The van der Waals surface area contributed by atoms with E-state index < -0.39 is 0 Å². The molecule has 0 atom stereocenters. The molecule has 14 heavy (non-hydrogen) atoms. The molecule has 0 spiro atoms. The van der Waals surface area contributed by atoms with Gasteiger partial charge < -0.3 is 10.2 Å². The monoisotopic (exact) mass is 272 g/mol. The molecule has 0 aliphatic carbocycles. The highest BCUT2D eigenvalue weighted by molar-refractivity contribution is 9.11. The summed E-state index contributed by atoms with van der Waals surface area (Å²) >= 11 is 5.05. The summed E-state index contributed by atoms with van der Waals surface area (Å²) in [7, 11) is 0. The van der Waals surface area contributed by atoms with E-state index >= 15 is 0 Å². The fourth-order valence-electron chi connectivity index (χ4n) is 1.18. The van der Waals surface area contributed by atoms with Crippen molar-refractivity contribution in [2.75, 3.05) is 0 Å². The van der Waals surface area contributed by atoms with Gasteiger partial charge in [-0.2, -0.15) is 0 Å². The van der Waals surface area contributed by atoms with Gasteiger partial charge in [0.1, 0.15) is 5.76 Å². The van der Waals surface area contributed by atoms with E-state index in [0.29, 0.717) is 12.4 Å². The summed E-state index contributed by atoms with van der Waals surface area (Å²) in [6.07, 6.45) is 0. The van der Waals surface area contributed by atoms with Crippen molar-refractivity contribution in [1.29, 1.82) is 0 Å². The second-order valence-electron chi connectivity index (χ2n) is 2.84. The van der Waals surface area contributed by atoms with E-state index in [9.17, 15) is 0 Å². The first kappa shape index (κ1) is 9.89. The maximum absolute atomic E-state index is 5.53. The Kier molecular flexibility index (Phi) is 2.71. The van der Waals surface area contributed by atoms with Crippen molar-refractivity contribution >= 4 is 27.3 Å². The third kappa shape index (κ3) is 1.63. The Morgan fingerprint density at radius 1 is 1.64 bits per heavy atom. The molecule has 2 heterocycles. The molecule has 0 bridgehead atoms. The van der Waals surface area contributed by atoms with Gasteiger partial charge in [-0.3, -0.25) is 0 Å². The Labute approximate surface area is 94.1 Å². The number of thiophene rings is 1. The predicted molar refractivity (Wildman–Crippen MR) is 60.1 cm³/mol. The summed E-state index contributed by atoms with van der Waals surface area (Å²) in [6.45, 7) is 2.29. The summed E-state index contributed by atoms with van der Waals surface area (Å²) in [6, 6.07) is 1.97. The molecule has 2 rings (SSSR count). The van der Waals surface area contributed by atoms with Gasteiger partial charge in [-0.25, -0.2) is 4.98 Å². The third-order valence-electron chi connectivity index (χ3n) is 1.93. The number of halogens is 1. The minimum absolute atomic E-state index is 0.389. The SMILES string of the molecule is Cc1nc(-c2ccsc2Br)oc1CN. The fourth-order valence-corrected chi connectivity index (χ4v) is 2.41. The molecule has 5 heteroatoms. The summed E-state index contributed by atoms with van der Waals surface area (Å²) in [5.41, 5.74) is 7.36. The zero-order valence-corrected chi connectivity index (χ0v) is 9.98. The molecule has 2 N–H and O–H groups in total. The van der Waals surface area contributed by atoms with Crippen LogP contribution in [0.3, 0.4) is 0 Å². The number of aryl methyl sites for hydroxylation is 1. The summed E-state index contributed by atoms with van der Waals surface area (Å²) < 4.78 is 6.56. The minimum atomic E-state index is 0.389. The second kappa shape index (κ2) is 3.84. The first-order valence-electron chi connectivity index (χ1n) is 4.12. The Morgan fingerprint density at radius 3 is 2.93 bits per heavy atom. The number of hydrogen-bond acceptors (Lipinski definition) is 4. The second-order valence-corrected chi connectivity index (χ2v) is 5.07. The van der Waals surface area contributed by atoms with Crippen LogP contribution in [0.4, 0.5) is 0 Å². The topological polar surface area (TPSA) is 52.0 Å². The van der Waals surface area contributed by atoms with Crippen molar-refractivity contribution < 1.29 is 4.42 Å². The lowest BCUT2D eigenvalue weighted by Gasteiger charge is -1.90. The summed E-state index contributed by atoms with van der Waals surface area (Å²) in [4.78, 5) is 4.31. The molecule has 0 saturated carbocycles. The number of nitrogens with two attached hydrogens (primary N) is 1. The number of hydrogen-bond donors (Lipinski definition) is 1. The van der Waals surface area contributed by atoms with Crippen molar-refractivity contribution in [3.05, 3.63) is 26.7 Å². The van der Waals surface area contributed by atoms with Gasteiger partial charge in [-0.15, -0.1) is 11.3 Å². The number of oxazole rings is 1. The Bertz CT molecular complexity index is 449. The minimum Gasteiger partial charge on any atom is -0.439 e. The van der Waals surface area contributed by atoms with Gasteiger partial charge >= 0.3 is 0 Å². The van der Waals surface area contributed by atoms with E-state index in [-0.39, 0.29) is 0 Å². The van der Waals surface area contributed by atoms with Crippen molar-refractivity contribution in [3.63, 3.8) is 0 Å². The van der Waals surface area contributed by atoms with Crippen LogP contribution in [0, 0.1) is 6.92 Å². The zero-order valence-electron chi connectivity index (χ0n) is 7.58. The molecule has 0 aliphatic heterocycles. The third-order valence-corrected chi connectivity index (χ3v) is 3.61. The summed E-state index contributed by atoms with van der Waals surface area (Å²) in [5.74, 6) is 1.38. The summed E-state index contributed by atoms with van der Waals surface area (Å²) in [5, 5.41) is 1.99. The van der Waals surface area contributed by atoms with Crippen LogP contribution in [0.5, 0.6) is 0 Å². The normalized spacial score (nSPS) is 10.8. The Hall–Kier alpha value is -0.650. The lowest BCUT2D eigenvalue weighted by molar-refractivity contribution is 0.518. The number of aromatic nitrogens is 1. The fraction of sp³-hybridized carbons (Fsp3) is 0.222. The lowest BCUT2D eigenvalue weighted by Crippen LogP contribution is -1.95. The number of rotatable bonds is 2. The molecular weight excluding hydrogens is 264 g/mol. The highest BCUT2D eigenvalue weighted by Gasteiger charge is 2.13. The van der Waals surface area contributed by atoms with E-state index in [1.54, 1.807) is 11.3 Å². The van der Waals surface area contributed by atoms with Crippen LogP contribution >= 0.6 is 27.3 Å². The van der Waals surface area contributed by atoms with Crippen LogP contribution in [-0.4, -0.2) is 4.98 Å². The van der Waals surface area contributed by atoms with Gasteiger partial charge in [0.25, 0.3) is 0 Å². The van der Waals surface area contributed by atoms with E-state index in [4.69, 9.17) is 10.2 Å². The standard InChI is InChI=1S/C9H9BrN2OS/c1-5-7(4-11)13-9(12-5)6-2-3-14-8(6)10/h2-3H,4,11H2,1H3. The largest absolute Gasteiger partial charge is 0.439 e. The molecule has 74 valence electrons.